The summed E-state index contributed by atoms with van der Waals surface area (Å²) in [7, 11) is 0. The number of nitro groups is 1. The topological polar surface area (TPSA) is 155 Å². The van der Waals surface area contributed by atoms with Gasteiger partial charge in [-0.15, -0.1) is 0 Å². The number of Topliss-reactive ketones (excluding diaryl/α,β-unsaturated/α-hetero) is 3. The Morgan fingerprint density at radius 1 is 1.07 bits per heavy atom. The number of benzene rings is 2. The van der Waals surface area contributed by atoms with Crippen LogP contribution in [0.25, 0.3) is 16.9 Å². The molecule has 44 heavy (non-hydrogen) atoms. The summed E-state index contributed by atoms with van der Waals surface area (Å²) < 4.78 is 0. The van der Waals surface area contributed by atoms with Crippen molar-refractivity contribution in [2.45, 2.75) is 79.8 Å². The first kappa shape index (κ1) is 31.3. The second kappa shape index (κ2) is 9.95. The molecule has 2 aromatic rings. The fourth-order valence-electron chi connectivity index (χ4n) is 8.87. The molecule has 232 valence electrons. The number of allylic oxidation sites excluding steroid dienone is 1. The molecule has 0 aromatic heterocycles. The summed E-state index contributed by atoms with van der Waals surface area (Å²) in [6.45, 7) is 14.3. The average Bonchev–Trinajstić information content (AvgIpc) is 2.90. The maximum atomic E-state index is 14.6. The number of phenolic OH excluding ortho intramolecular Hbond substituents is 1. The summed E-state index contributed by atoms with van der Waals surface area (Å²) in [5.74, 6) is -4.07. The first-order chi connectivity index (χ1) is 20.3. The van der Waals surface area contributed by atoms with Crippen molar-refractivity contribution in [3.05, 3.63) is 73.9 Å². The Morgan fingerprint density at radius 3 is 2.25 bits per heavy atom. The molecule has 9 heteroatoms. The Hall–Kier alpha value is -4.11. The second-order valence-electron chi connectivity index (χ2n) is 13.9. The van der Waals surface area contributed by atoms with E-state index in [9.17, 15) is 39.8 Å². The summed E-state index contributed by atoms with van der Waals surface area (Å²) in [6, 6.07) is 7.55. The second-order valence-corrected chi connectivity index (χ2v) is 13.9. The van der Waals surface area contributed by atoms with Crippen molar-refractivity contribution in [2.75, 3.05) is 0 Å². The number of hydrogen-bond donors (Lipinski definition) is 3. The molecular formula is C35H39NO8. The lowest BCUT2D eigenvalue weighted by Gasteiger charge is -2.60. The van der Waals surface area contributed by atoms with Crippen LogP contribution in [0.15, 0.2) is 47.1 Å². The molecule has 1 saturated carbocycles. The first-order valence-corrected chi connectivity index (χ1v) is 14.9. The van der Waals surface area contributed by atoms with E-state index in [0.717, 1.165) is 5.56 Å². The van der Waals surface area contributed by atoms with Crippen LogP contribution in [0.4, 0.5) is 5.69 Å². The highest BCUT2D eigenvalue weighted by atomic mass is 16.6. The molecule has 0 bridgehead atoms. The van der Waals surface area contributed by atoms with E-state index in [1.807, 2.05) is 34.6 Å². The van der Waals surface area contributed by atoms with E-state index in [4.69, 9.17) is 0 Å². The zero-order valence-corrected chi connectivity index (χ0v) is 26.4. The van der Waals surface area contributed by atoms with Gasteiger partial charge in [-0.1, -0.05) is 59.2 Å². The van der Waals surface area contributed by atoms with Gasteiger partial charge in [0.05, 0.1) is 16.1 Å². The number of nitrogens with zero attached hydrogens (tertiary/aromatic N) is 1. The number of carbonyl (C=O) groups excluding carboxylic acids is 3. The number of non-ortho nitro benzene ring substituents is 1. The summed E-state index contributed by atoms with van der Waals surface area (Å²) in [4.78, 5) is 52.3. The minimum atomic E-state index is -2.61. The van der Waals surface area contributed by atoms with Crippen molar-refractivity contribution in [2.24, 2.45) is 22.7 Å². The smallest absolute Gasteiger partial charge is 0.270 e. The van der Waals surface area contributed by atoms with Gasteiger partial charge < -0.3 is 15.3 Å². The zero-order valence-electron chi connectivity index (χ0n) is 26.4. The molecule has 1 fully saturated rings. The number of aliphatic hydroxyl groups is 2. The largest absolute Gasteiger partial charge is 0.507 e. The Kier molecular flexibility index (Phi) is 7.09. The van der Waals surface area contributed by atoms with Crippen LogP contribution in [0, 0.1) is 32.8 Å². The summed E-state index contributed by atoms with van der Waals surface area (Å²) in [5.41, 5.74) is -2.88. The van der Waals surface area contributed by atoms with E-state index in [2.05, 4.69) is 0 Å². The molecule has 5 rings (SSSR count). The molecule has 0 spiro atoms. The number of phenols is 1. The van der Waals surface area contributed by atoms with E-state index >= 15 is 0 Å². The number of aromatic hydroxyl groups is 1. The fourth-order valence-corrected chi connectivity index (χ4v) is 8.87. The van der Waals surface area contributed by atoms with Crippen LogP contribution in [0.5, 0.6) is 5.75 Å². The van der Waals surface area contributed by atoms with Crippen molar-refractivity contribution in [1.82, 2.24) is 0 Å². The molecule has 4 atom stereocenters. The van der Waals surface area contributed by atoms with Gasteiger partial charge in [-0.2, -0.15) is 0 Å². The average molecular weight is 602 g/mol. The number of carbonyl (C=O) groups is 3. The van der Waals surface area contributed by atoms with Gasteiger partial charge in [0, 0.05) is 34.1 Å². The van der Waals surface area contributed by atoms with Crippen LogP contribution in [-0.4, -0.2) is 43.2 Å². The molecule has 0 heterocycles. The monoisotopic (exact) mass is 601 g/mol. The number of nitro benzene ring substituents is 1. The lowest BCUT2D eigenvalue weighted by atomic mass is 9.42. The van der Waals surface area contributed by atoms with Crippen LogP contribution >= 0.6 is 0 Å². The van der Waals surface area contributed by atoms with Gasteiger partial charge in [0.15, 0.2) is 11.4 Å². The molecule has 2 aromatic carbocycles. The molecular weight excluding hydrogens is 562 g/mol. The Bertz CT molecular complexity index is 1750. The number of hydrogen-bond acceptors (Lipinski definition) is 8. The SMILES string of the molecule is CC(=O)C1=C(C)[C@@H](C(C)C)[C@]2(C)C[C@]3(C)Cc4c(C(C)C)cc(-c5cccc([N+](=O)[O-])c5)c(O)c4C(O)=C3C(=O)[C@]2(O)C1=O. The lowest BCUT2D eigenvalue weighted by molar-refractivity contribution is -0.384. The van der Waals surface area contributed by atoms with Crippen LogP contribution in [-0.2, 0) is 20.8 Å². The van der Waals surface area contributed by atoms with Crippen LogP contribution in [0.1, 0.15) is 84.4 Å². The standard InChI is InChI=1S/C35H39NO8/c1-16(2)22-13-23(20-10-9-11-21(12-20)36(43)44)29(38)26-24(22)14-33(7)15-34(8)27(17(3)4)18(5)25(19(6)37)31(40)35(34,42)32(41)28(33)30(26)39/h9-13,16-17,27,38-39,42H,14-15H2,1-8H3/t27-,33+,34+,35-/m1/s1. The van der Waals surface area contributed by atoms with Crippen molar-refractivity contribution in [3.8, 4) is 16.9 Å². The zero-order chi connectivity index (χ0) is 32.8. The number of ketones is 3. The van der Waals surface area contributed by atoms with E-state index in [-0.39, 0.29) is 58.4 Å². The molecule has 0 amide bonds. The number of aliphatic hydroxyl groups excluding tert-OH is 1. The van der Waals surface area contributed by atoms with Crippen LogP contribution in [0.2, 0.25) is 0 Å². The molecule has 0 saturated heterocycles. The highest BCUT2D eigenvalue weighted by molar-refractivity contribution is 6.33. The van der Waals surface area contributed by atoms with Gasteiger partial charge in [-0.3, -0.25) is 24.5 Å². The van der Waals surface area contributed by atoms with Crippen LogP contribution < -0.4 is 0 Å². The predicted octanol–water partition coefficient (Wildman–Crippen LogP) is 6.39. The van der Waals surface area contributed by atoms with Crippen LogP contribution in [0.3, 0.4) is 0 Å². The molecule has 3 aliphatic rings. The highest BCUT2D eigenvalue weighted by Crippen LogP contribution is 2.65. The van der Waals surface area contributed by atoms with Crippen molar-refractivity contribution in [1.29, 1.82) is 0 Å². The maximum Gasteiger partial charge on any atom is 0.270 e. The van der Waals surface area contributed by atoms with E-state index < -0.39 is 50.4 Å². The summed E-state index contributed by atoms with van der Waals surface area (Å²) in [5, 5.41) is 47.4. The minimum Gasteiger partial charge on any atom is -0.507 e. The molecule has 0 radical (unpaired) electrons. The molecule has 9 nitrogen and oxygen atoms in total. The summed E-state index contributed by atoms with van der Waals surface area (Å²) >= 11 is 0. The fraction of sp³-hybridized carbons (Fsp3) is 0.457. The van der Waals surface area contributed by atoms with Gasteiger partial charge in [0.1, 0.15) is 11.5 Å². The third-order valence-electron chi connectivity index (χ3n) is 10.3. The van der Waals surface area contributed by atoms with Crippen molar-refractivity contribution < 1.29 is 34.6 Å². The Morgan fingerprint density at radius 2 is 1.70 bits per heavy atom. The van der Waals surface area contributed by atoms with E-state index in [0.29, 0.717) is 16.7 Å². The number of rotatable bonds is 5. The quantitative estimate of drug-likeness (QED) is 0.154. The molecule has 0 unspecified atom stereocenters. The summed E-state index contributed by atoms with van der Waals surface area (Å²) in [6.07, 6.45) is 0.389. The Balaban J connectivity index is 1.83. The third-order valence-corrected chi connectivity index (χ3v) is 10.3. The minimum absolute atomic E-state index is 0.00733. The van der Waals surface area contributed by atoms with Crippen molar-refractivity contribution in [3.63, 3.8) is 0 Å². The lowest BCUT2D eigenvalue weighted by Crippen LogP contribution is -2.70. The van der Waals surface area contributed by atoms with Gasteiger partial charge >= 0.3 is 0 Å². The van der Waals surface area contributed by atoms with Gasteiger partial charge in [-0.25, -0.2) is 0 Å². The molecule has 0 aliphatic heterocycles. The van der Waals surface area contributed by atoms with Gasteiger partial charge in [-0.05, 0) is 67.2 Å². The normalized spacial score (nSPS) is 28.3. The third kappa shape index (κ3) is 3.98. The van der Waals surface area contributed by atoms with Crippen molar-refractivity contribution >= 4 is 28.8 Å². The van der Waals surface area contributed by atoms with E-state index in [1.165, 1.54) is 25.1 Å². The van der Waals surface area contributed by atoms with Gasteiger partial charge in [0.2, 0.25) is 11.6 Å². The number of fused-ring (bicyclic) bond motifs is 3. The predicted molar refractivity (Wildman–Crippen MR) is 165 cm³/mol. The van der Waals surface area contributed by atoms with Gasteiger partial charge in [0.25, 0.3) is 5.69 Å². The Labute approximate surface area is 256 Å². The molecule has 3 N–H and O–H groups in total. The van der Waals surface area contributed by atoms with E-state index in [1.54, 1.807) is 26.0 Å². The first-order valence-electron chi connectivity index (χ1n) is 14.9. The highest BCUT2D eigenvalue weighted by Gasteiger charge is 2.72. The maximum absolute atomic E-state index is 14.6. The molecule has 3 aliphatic carbocycles.